The predicted octanol–water partition coefficient (Wildman–Crippen LogP) is 11.0. The molecule has 46 heavy (non-hydrogen) atoms. The van der Waals surface area contributed by atoms with E-state index in [1.54, 1.807) is 0 Å². The van der Waals surface area contributed by atoms with Crippen LogP contribution in [-0.4, -0.2) is 21.1 Å². The molecule has 0 radical (unpaired) electrons. The molecule has 0 saturated carbocycles. The van der Waals surface area contributed by atoms with Gasteiger partial charge >= 0.3 is 0 Å². The molecule has 1 N–H and O–H groups in total. The number of rotatable bonds is 12. The first kappa shape index (κ1) is 30.3. The Morgan fingerprint density at radius 2 is 1.30 bits per heavy atom. The number of benzene rings is 4. The van der Waals surface area contributed by atoms with Gasteiger partial charge in [-0.3, -0.25) is 4.98 Å². The van der Waals surface area contributed by atoms with Crippen LogP contribution in [0.15, 0.2) is 109 Å². The van der Waals surface area contributed by atoms with Crippen molar-refractivity contribution in [3.8, 4) is 33.9 Å². The third-order valence-corrected chi connectivity index (χ3v) is 9.45. The summed E-state index contributed by atoms with van der Waals surface area (Å²) in [6, 6.07) is 37.9. The highest BCUT2D eigenvalue weighted by atomic mass is 35.5. The molecule has 232 valence electrons. The Balaban J connectivity index is 1.04. The molecule has 0 spiro atoms. The van der Waals surface area contributed by atoms with Crippen LogP contribution in [0, 0.1) is 0 Å². The molecular weight excluding hydrogens is 584 g/mol. The zero-order valence-electron chi connectivity index (χ0n) is 26.4. The number of halogens is 1. The molecule has 1 aliphatic carbocycles. The molecule has 6 aromatic rings. The topological polar surface area (TPSA) is 42.7 Å². The molecule has 4 aromatic carbocycles. The fourth-order valence-corrected chi connectivity index (χ4v) is 7.01. The molecule has 0 amide bonds. The van der Waals surface area contributed by atoms with Crippen LogP contribution >= 0.6 is 11.6 Å². The van der Waals surface area contributed by atoms with Crippen LogP contribution in [0.2, 0.25) is 5.02 Å². The van der Waals surface area contributed by atoms with Crippen LogP contribution < -0.4 is 5.32 Å². The van der Waals surface area contributed by atoms with E-state index in [9.17, 15) is 0 Å². The third kappa shape index (κ3) is 6.59. The highest BCUT2D eigenvalue weighted by Crippen LogP contribution is 2.37. The first-order valence-corrected chi connectivity index (χ1v) is 17.3. The van der Waals surface area contributed by atoms with Crippen molar-refractivity contribution in [2.75, 3.05) is 11.9 Å². The van der Waals surface area contributed by atoms with Gasteiger partial charge in [0.1, 0.15) is 5.82 Å². The second-order valence-electron chi connectivity index (χ2n) is 12.4. The van der Waals surface area contributed by atoms with E-state index in [0.29, 0.717) is 0 Å². The monoisotopic (exact) mass is 624 g/mol. The van der Waals surface area contributed by atoms with E-state index in [1.807, 2.05) is 12.1 Å². The second kappa shape index (κ2) is 14.3. The van der Waals surface area contributed by atoms with Crippen molar-refractivity contribution in [1.29, 1.82) is 0 Å². The largest absolute Gasteiger partial charge is 0.384 e. The van der Waals surface area contributed by atoms with Crippen molar-refractivity contribution in [2.45, 2.75) is 64.3 Å². The smallest absolute Gasteiger partial charge is 0.141 e. The molecule has 2 aromatic heterocycles. The van der Waals surface area contributed by atoms with Gasteiger partial charge in [0.25, 0.3) is 0 Å². The van der Waals surface area contributed by atoms with Gasteiger partial charge in [0.2, 0.25) is 0 Å². The Labute approximate surface area is 277 Å². The van der Waals surface area contributed by atoms with Crippen molar-refractivity contribution >= 4 is 28.2 Å². The third-order valence-electron chi connectivity index (χ3n) is 9.19. The van der Waals surface area contributed by atoms with Gasteiger partial charge in [0, 0.05) is 51.6 Å². The standard InChI is InChI=1S/C41H41ClN4/c42-33-26-24-32(25-27-33)41-45-38(30-16-6-4-7-17-30)40(31-18-8-5-9-19-31)46(41)29-15-3-1-2-14-28-43-39-34-20-10-12-22-36(34)44-37-23-13-11-21-35(37)39/h4-10,12,16-20,22,24-27H,1-3,11,13-15,21,23,28-29H2,(H,43,44). The van der Waals surface area contributed by atoms with E-state index in [0.717, 1.165) is 65.5 Å². The highest BCUT2D eigenvalue weighted by Gasteiger charge is 2.21. The van der Waals surface area contributed by atoms with E-state index in [-0.39, 0.29) is 0 Å². The van der Waals surface area contributed by atoms with Gasteiger partial charge in [0.05, 0.1) is 16.9 Å². The van der Waals surface area contributed by atoms with Gasteiger partial charge < -0.3 is 9.88 Å². The zero-order valence-corrected chi connectivity index (χ0v) is 27.1. The summed E-state index contributed by atoms with van der Waals surface area (Å²) in [4.78, 5) is 10.3. The van der Waals surface area contributed by atoms with E-state index in [1.165, 1.54) is 72.1 Å². The molecule has 1 aliphatic rings. The molecule has 0 atom stereocenters. The zero-order chi connectivity index (χ0) is 31.1. The SMILES string of the molecule is Clc1ccc(-c2nc(-c3ccccc3)c(-c3ccccc3)n2CCCCCCCNc2c3c(nc4ccccc24)CCCC3)cc1. The van der Waals surface area contributed by atoms with Gasteiger partial charge in [-0.1, -0.05) is 110 Å². The summed E-state index contributed by atoms with van der Waals surface area (Å²) in [5.74, 6) is 0.992. The van der Waals surface area contributed by atoms with Gasteiger partial charge in [-0.05, 0) is 74.4 Å². The number of pyridine rings is 1. The van der Waals surface area contributed by atoms with Gasteiger partial charge in [0.15, 0.2) is 0 Å². The fraction of sp³-hybridized carbons (Fsp3) is 0.268. The van der Waals surface area contributed by atoms with Crippen molar-refractivity contribution in [1.82, 2.24) is 14.5 Å². The summed E-state index contributed by atoms with van der Waals surface area (Å²) in [6.07, 6.45) is 10.6. The van der Waals surface area contributed by atoms with Gasteiger partial charge in [-0.25, -0.2) is 4.98 Å². The predicted molar refractivity (Wildman–Crippen MR) is 194 cm³/mol. The number of para-hydroxylation sites is 1. The summed E-state index contributed by atoms with van der Waals surface area (Å²) in [5.41, 5.74) is 10.8. The lowest BCUT2D eigenvalue weighted by atomic mass is 9.92. The Hall–Kier alpha value is -4.41. The minimum atomic E-state index is 0.736. The maximum Gasteiger partial charge on any atom is 0.141 e. The number of hydrogen-bond acceptors (Lipinski definition) is 3. The first-order chi connectivity index (χ1) is 22.8. The molecule has 0 bridgehead atoms. The van der Waals surface area contributed by atoms with Gasteiger partial charge in [-0.15, -0.1) is 0 Å². The van der Waals surface area contributed by atoms with Crippen LogP contribution in [0.4, 0.5) is 5.69 Å². The maximum absolute atomic E-state index is 6.28. The summed E-state index contributed by atoms with van der Waals surface area (Å²) in [5, 5.41) is 5.85. The van der Waals surface area contributed by atoms with Crippen molar-refractivity contribution in [3.63, 3.8) is 0 Å². The second-order valence-corrected chi connectivity index (χ2v) is 12.8. The number of nitrogens with zero attached hydrogens (tertiary/aromatic N) is 3. The molecular formula is C41H41ClN4. The lowest BCUT2D eigenvalue weighted by Gasteiger charge is -2.21. The molecule has 2 heterocycles. The number of anilines is 1. The summed E-state index contributed by atoms with van der Waals surface area (Å²) in [6.45, 7) is 1.91. The number of imidazole rings is 1. The number of aromatic nitrogens is 3. The van der Waals surface area contributed by atoms with Crippen molar-refractivity contribution in [3.05, 3.63) is 125 Å². The number of fused-ring (bicyclic) bond motifs is 2. The van der Waals surface area contributed by atoms with Crippen molar-refractivity contribution in [2.24, 2.45) is 0 Å². The van der Waals surface area contributed by atoms with Crippen LogP contribution in [0.25, 0.3) is 44.8 Å². The molecule has 0 aliphatic heterocycles. The molecule has 0 unspecified atom stereocenters. The minimum Gasteiger partial charge on any atom is -0.384 e. The number of aryl methyl sites for hydroxylation is 1. The first-order valence-electron chi connectivity index (χ1n) is 16.9. The van der Waals surface area contributed by atoms with Crippen LogP contribution in [0.1, 0.15) is 56.2 Å². The summed E-state index contributed by atoms with van der Waals surface area (Å²) < 4.78 is 2.43. The molecule has 5 heteroatoms. The minimum absolute atomic E-state index is 0.736. The fourth-order valence-electron chi connectivity index (χ4n) is 6.89. The Kier molecular flexibility index (Phi) is 9.44. The lowest BCUT2D eigenvalue weighted by molar-refractivity contribution is 0.570. The average Bonchev–Trinajstić information content (AvgIpc) is 3.49. The van der Waals surface area contributed by atoms with Gasteiger partial charge in [-0.2, -0.15) is 0 Å². The molecule has 0 fully saturated rings. The summed E-state index contributed by atoms with van der Waals surface area (Å²) in [7, 11) is 0. The number of unbranched alkanes of at least 4 members (excludes halogenated alkanes) is 4. The Morgan fingerprint density at radius 3 is 2.11 bits per heavy atom. The Morgan fingerprint density at radius 1 is 0.630 bits per heavy atom. The normalized spacial score (nSPS) is 12.7. The molecule has 7 rings (SSSR count). The van der Waals surface area contributed by atoms with Crippen LogP contribution in [0.3, 0.4) is 0 Å². The van der Waals surface area contributed by atoms with Crippen LogP contribution in [-0.2, 0) is 19.4 Å². The van der Waals surface area contributed by atoms with E-state index in [4.69, 9.17) is 21.6 Å². The molecule has 4 nitrogen and oxygen atoms in total. The van der Waals surface area contributed by atoms with Crippen molar-refractivity contribution < 1.29 is 0 Å². The number of hydrogen-bond donors (Lipinski definition) is 1. The van der Waals surface area contributed by atoms with E-state index < -0.39 is 0 Å². The number of nitrogens with one attached hydrogen (secondary N) is 1. The van der Waals surface area contributed by atoms with E-state index in [2.05, 4.69) is 107 Å². The van der Waals surface area contributed by atoms with E-state index >= 15 is 0 Å². The summed E-state index contributed by atoms with van der Waals surface area (Å²) >= 11 is 6.28. The maximum atomic E-state index is 6.28. The average molecular weight is 625 g/mol. The highest BCUT2D eigenvalue weighted by molar-refractivity contribution is 6.30. The molecule has 0 saturated heterocycles. The van der Waals surface area contributed by atoms with Crippen LogP contribution in [0.5, 0.6) is 0 Å². The lowest BCUT2D eigenvalue weighted by Crippen LogP contribution is -2.12. The Bertz CT molecular complexity index is 1900. The quantitative estimate of drug-likeness (QED) is 0.138.